The van der Waals surface area contributed by atoms with E-state index in [0.29, 0.717) is 13.0 Å². The third-order valence-corrected chi connectivity index (χ3v) is 6.79. The van der Waals surface area contributed by atoms with E-state index >= 15 is 0 Å². The number of benzene rings is 1. The molecule has 3 aromatic rings. The van der Waals surface area contributed by atoms with Crippen LogP contribution < -0.4 is 19.8 Å². The number of nitrogens with zero attached hydrogens (tertiary/aromatic N) is 4. The molecule has 2 aromatic heterocycles. The third-order valence-electron chi connectivity index (χ3n) is 5.54. The number of aryl methyl sites for hydroxylation is 1. The Labute approximate surface area is 205 Å². The summed E-state index contributed by atoms with van der Waals surface area (Å²) >= 11 is 0. The Balaban J connectivity index is 1.79. The van der Waals surface area contributed by atoms with Gasteiger partial charge in [0.25, 0.3) is 5.56 Å². The molecule has 0 radical (unpaired) electrons. The molecule has 192 valence electrons. The predicted molar refractivity (Wildman–Crippen MR) is 126 cm³/mol. The second-order valence-electron chi connectivity index (χ2n) is 7.87. The molecule has 12 nitrogen and oxygen atoms in total. The van der Waals surface area contributed by atoms with Crippen molar-refractivity contribution in [1.82, 2.24) is 19.5 Å². The number of rotatable bonds is 9. The van der Waals surface area contributed by atoms with Crippen LogP contribution in [-0.2, 0) is 21.2 Å². The lowest BCUT2D eigenvalue weighted by Gasteiger charge is -2.21. The highest BCUT2D eigenvalue weighted by molar-refractivity contribution is 7.92. The van der Waals surface area contributed by atoms with E-state index in [1.165, 1.54) is 14.2 Å². The second kappa shape index (κ2) is 10.5. The molecule has 3 heterocycles. The molecular formula is C22H24FN5O7S. The molecule has 1 fully saturated rings. The van der Waals surface area contributed by atoms with Crippen molar-refractivity contribution < 1.29 is 32.1 Å². The van der Waals surface area contributed by atoms with Crippen LogP contribution in [-0.4, -0.2) is 66.2 Å². The normalized spacial score (nSPS) is 15.6. The number of anilines is 1. The number of aromatic hydroxyl groups is 1. The Morgan fingerprint density at radius 1 is 1.22 bits per heavy atom. The maximum atomic E-state index is 13.7. The van der Waals surface area contributed by atoms with Crippen molar-refractivity contribution >= 4 is 15.7 Å². The SMILES string of the molecule is COc1cccc(OC)c1-n1c([C@@H]2CCOC2)nc(O)c(NS(=O)(=O)CCc2ncc(F)cn2)c1=O. The molecule has 0 bridgehead atoms. The summed E-state index contributed by atoms with van der Waals surface area (Å²) in [7, 11) is -1.35. The summed E-state index contributed by atoms with van der Waals surface area (Å²) in [6.45, 7) is 0.691. The van der Waals surface area contributed by atoms with Crippen LogP contribution in [0.1, 0.15) is 24.0 Å². The van der Waals surface area contributed by atoms with E-state index < -0.39 is 38.7 Å². The summed E-state index contributed by atoms with van der Waals surface area (Å²) in [6.07, 6.45) is 2.22. The highest BCUT2D eigenvalue weighted by Crippen LogP contribution is 2.36. The van der Waals surface area contributed by atoms with E-state index in [-0.39, 0.29) is 47.8 Å². The average molecular weight is 522 g/mol. The van der Waals surface area contributed by atoms with Crippen LogP contribution in [0.25, 0.3) is 5.69 Å². The lowest BCUT2D eigenvalue weighted by Crippen LogP contribution is -2.31. The van der Waals surface area contributed by atoms with Crippen LogP contribution in [0.5, 0.6) is 17.4 Å². The van der Waals surface area contributed by atoms with E-state index in [1.807, 2.05) is 0 Å². The number of halogens is 1. The van der Waals surface area contributed by atoms with Crippen molar-refractivity contribution in [1.29, 1.82) is 0 Å². The van der Waals surface area contributed by atoms with Gasteiger partial charge in [-0.2, -0.15) is 4.98 Å². The van der Waals surface area contributed by atoms with Gasteiger partial charge in [-0.15, -0.1) is 0 Å². The highest BCUT2D eigenvalue weighted by Gasteiger charge is 2.30. The zero-order valence-electron chi connectivity index (χ0n) is 19.5. The summed E-state index contributed by atoms with van der Waals surface area (Å²) in [5, 5.41) is 10.6. The maximum absolute atomic E-state index is 13.7. The maximum Gasteiger partial charge on any atom is 0.286 e. The largest absolute Gasteiger partial charge is 0.494 e. The summed E-state index contributed by atoms with van der Waals surface area (Å²) < 4.78 is 58.2. The summed E-state index contributed by atoms with van der Waals surface area (Å²) in [6, 6.07) is 4.89. The minimum atomic E-state index is -4.17. The Morgan fingerprint density at radius 3 is 2.47 bits per heavy atom. The zero-order valence-corrected chi connectivity index (χ0v) is 20.3. The predicted octanol–water partition coefficient (Wildman–Crippen LogP) is 1.37. The quantitative estimate of drug-likeness (QED) is 0.422. The molecule has 1 aliphatic rings. The molecule has 0 saturated carbocycles. The lowest BCUT2D eigenvalue weighted by atomic mass is 10.1. The molecule has 0 unspecified atom stereocenters. The van der Waals surface area contributed by atoms with Gasteiger partial charge in [-0.1, -0.05) is 6.07 Å². The third kappa shape index (κ3) is 5.23. The molecule has 1 aromatic carbocycles. The smallest absolute Gasteiger partial charge is 0.286 e. The van der Waals surface area contributed by atoms with E-state index in [1.54, 1.807) is 18.2 Å². The second-order valence-corrected chi connectivity index (χ2v) is 9.71. The van der Waals surface area contributed by atoms with Gasteiger partial charge in [0, 0.05) is 18.9 Å². The number of hydrogen-bond donors (Lipinski definition) is 2. The molecular weight excluding hydrogens is 497 g/mol. The number of ether oxygens (including phenoxy) is 3. The molecule has 36 heavy (non-hydrogen) atoms. The minimum absolute atomic E-state index is 0.0943. The number of para-hydroxylation sites is 1. The Bertz CT molecular complexity index is 1390. The first-order valence-corrected chi connectivity index (χ1v) is 12.5. The van der Waals surface area contributed by atoms with Crippen LogP contribution in [0.4, 0.5) is 10.1 Å². The van der Waals surface area contributed by atoms with Crippen LogP contribution in [0.2, 0.25) is 0 Å². The Hall–Kier alpha value is -3.78. The van der Waals surface area contributed by atoms with E-state index in [4.69, 9.17) is 14.2 Å². The highest BCUT2D eigenvalue weighted by atomic mass is 32.2. The number of hydrogen-bond acceptors (Lipinski definition) is 10. The molecule has 1 aliphatic heterocycles. The summed E-state index contributed by atoms with van der Waals surface area (Å²) in [5.41, 5.74) is -1.33. The molecule has 14 heteroatoms. The van der Waals surface area contributed by atoms with Crippen molar-refractivity contribution in [2.75, 3.05) is 37.9 Å². The molecule has 0 aliphatic carbocycles. The fraction of sp³-hybridized carbons (Fsp3) is 0.364. The van der Waals surface area contributed by atoms with Crippen LogP contribution in [0.3, 0.4) is 0 Å². The first-order chi connectivity index (χ1) is 17.2. The van der Waals surface area contributed by atoms with Crippen molar-refractivity contribution in [3.63, 3.8) is 0 Å². The van der Waals surface area contributed by atoms with Crippen LogP contribution in [0, 0.1) is 5.82 Å². The standard InChI is InChI=1S/C22H24FN5O7S/c1-33-15-4-3-5-16(34-2)19(15)28-20(13-6-8-35-12-13)26-21(29)18(22(28)30)27-36(31,32)9-7-17-24-10-14(23)11-25-17/h3-5,10-11,13,27,29H,6-9,12H2,1-2H3/t13-/m1/s1. The topological polar surface area (TPSA) is 155 Å². The summed E-state index contributed by atoms with van der Waals surface area (Å²) in [5.74, 6) is -1.52. The Kier molecular flexibility index (Phi) is 7.35. The fourth-order valence-electron chi connectivity index (χ4n) is 3.80. The van der Waals surface area contributed by atoms with Crippen molar-refractivity contribution in [2.45, 2.75) is 18.8 Å². The monoisotopic (exact) mass is 521 g/mol. The van der Waals surface area contributed by atoms with Crippen molar-refractivity contribution in [3.8, 4) is 23.1 Å². The number of nitrogens with one attached hydrogen (secondary N) is 1. The number of methoxy groups -OCH3 is 2. The molecule has 1 atom stereocenters. The van der Waals surface area contributed by atoms with Gasteiger partial charge in [0.1, 0.15) is 28.8 Å². The Morgan fingerprint density at radius 2 is 1.89 bits per heavy atom. The van der Waals surface area contributed by atoms with Gasteiger partial charge in [-0.05, 0) is 18.6 Å². The van der Waals surface area contributed by atoms with Crippen molar-refractivity contribution in [3.05, 3.63) is 58.4 Å². The van der Waals surface area contributed by atoms with Crippen LogP contribution >= 0.6 is 0 Å². The van der Waals surface area contributed by atoms with Crippen molar-refractivity contribution in [2.24, 2.45) is 0 Å². The van der Waals surface area contributed by atoms with E-state index in [2.05, 4.69) is 19.7 Å². The van der Waals surface area contributed by atoms with Gasteiger partial charge in [-0.3, -0.25) is 14.1 Å². The molecule has 4 rings (SSSR count). The molecule has 1 saturated heterocycles. The first-order valence-electron chi connectivity index (χ1n) is 10.9. The number of aromatic nitrogens is 4. The average Bonchev–Trinajstić information content (AvgIpc) is 3.40. The molecule has 0 spiro atoms. The zero-order chi connectivity index (χ0) is 25.9. The van der Waals surface area contributed by atoms with Crippen LogP contribution in [0.15, 0.2) is 35.4 Å². The fourth-order valence-corrected chi connectivity index (χ4v) is 4.84. The van der Waals surface area contributed by atoms with E-state index in [9.17, 15) is 22.7 Å². The summed E-state index contributed by atoms with van der Waals surface area (Å²) in [4.78, 5) is 25.4. The lowest BCUT2D eigenvalue weighted by molar-refractivity contribution is 0.192. The van der Waals surface area contributed by atoms with Gasteiger partial charge >= 0.3 is 0 Å². The molecule has 2 N–H and O–H groups in total. The molecule has 0 amide bonds. The number of sulfonamides is 1. The minimum Gasteiger partial charge on any atom is -0.494 e. The van der Waals surface area contributed by atoms with Gasteiger partial charge in [0.05, 0.1) is 39.0 Å². The first kappa shape index (κ1) is 25.3. The van der Waals surface area contributed by atoms with Gasteiger partial charge in [-0.25, -0.2) is 22.8 Å². The van der Waals surface area contributed by atoms with E-state index in [0.717, 1.165) is 17.0 Å². The van der Waals surface area contributed by atoms with Gasteiger partial charge < -0.3 is 19.3 Å². The van der Waals surface area contributed by atoms with Gasteiger partial charge in [0.2, 0.25) is 15.9 Å². The van der Waals surface area contributed by atoms with Gasteiger partial charge in [0.15, 0.2) is 11.5 Å².